The minimum absolute atomic E-state index is 0.0167. The zero-order chi connectivity index (χ0) is 17.8. The maximum Gasteiger partial charge on any atom is 0.338 e. The fourth-order valence-corrected chi connectivity index (χ4v) is 3.10. The van der Waals surface area contributed by atoms with Crippen molar-refractivity contribution in [3.05, 3.63) is 59.2 Å². The molecule has 130 valence electrons. The third-order valence-corrected chi connectivity index (χ3v) is 4.47. The lowest BCUT2D eigenvalue weighted by Gasteiger charge is -2.17. The number of benzene rings is 2. The zero-order valence-corrected chi connectivity index (χ0v) is 14.7. The number of hydrogen-bond donors (Lipinski definition) is 0. The molecule has 0 spiro atoms. The average Bonchev–Trinajstić information content (AvgIpc) is 3.16. The Hall–Kier alpha value is -2.62. The summed E-state index contributed by atoms with van der Waals surface area (Å²) >= 11 is 0. The van der Waals surface area contributed by atoms with Crippen LogP contribution in [0.15, 0.2) is 42.5 Å². The van der Waals surface area contributed by atoms with Crippen molar-refractivity contribution >= 4 is 11.9 Å². The van der Waals surface area contributed by atoms with E-state index in [1.54, 1.807) is 19.1 Å². The Labute approximate surface area is 148 Å². The number of hydrogen-bond acceptors (Lipinski definition) is 3. The molecule has 1 amide bonds. The van der Waals surface area contributed by atoms with Gasteiger partial charge in [0.2, 0.25) is 0 Å². The van der Waals surface area contributed by atoms with Gasteiger partial charge >= 0.3 is 5.97 Å². The molecule has 1 fully saturated rings. The fourth-order valence-electron chi connectivity index (χ4n) is 3.10. The first-order valence-electron chi connectivity index (χ1n) is 8.77. The Bertz CT molecular complexity index is 774. The summed E-state index contributed by atoms with van der Waals surface area (Å²) in [5.41, 5.74) is 3.96. The van der Waals surface area contributed by atoms with Gasteiger partial charge in [-0.3, -0.25) is 4.79 Å². The standard InChI is InChI=1S/C21H23NO3/c1-3-25-21(24)19-13-17(16-8-6-15(2)7-9-16)12-18(14-19)20(23)22-10-4-5-11-22/h6-9,12-14H,3-5,10-11H2,1-2H3. The molecule has 1 saturated heterocycles. The quantitative estimate of drug-likeness (QED) is 0.790. The third-order valence-electron chi connectivity index (χ3n) is 4.47. The molecule has 4 nitrogen and oxygen atoms in total. The number of ether oxygens (including phenoxy) is 1. The van der Waals surface area contributed by atoms with Gasteiger partial charge in [0, 0.05) is 18.7 Å². The number of carbonyl (C=O) groups excluding carboxylic acids is 2. The highest BCUT2D eigenvalue weighted by Gasteiger charge is 2.21. The van der Waals surface area contributed by atoms with Crippen LogP contribution in [0.5, 0.6) is 0 Å². The smallest absolute Gasteiger partial charge is 0.338 e. The summed E-state index contributed by atoms with van der Waals surface area (Å²) in [6.07, 6.45) is 2.07. The van der Waals surface area contributed by atoms with Crippen molar-refractivity contribution in [3.8, 4) is 11.1 Å². The lowest BCUT2D eigenvalue weighted by molar-refractivity contribution is 0.0526. The van der Waals surface area contributed by atoms with E-state index in [4.69, 9.17) is 4.74 Å². The number of aryl methyl sites for hydroxylation is 1. The molecule has 4 heteroatoms. The molecule has 0 atom stereocenters. The van der Waals surface area contributed by atoms with E-state index in [1.165, 1.54) is 5.56 Å². The molecule has 1 aliphatic rings. The predicted octanol–water partition coefficient (Wildman–Crippen LogP) is 4.07. The lowest BCUT2D eigenvalue weighted by Crippen LogP contribution is -2.27. The van der Waals surface area contributed by atoms with E-state index in [2.05, 4.69) is 0 Å². The van der Waals surface area contributed by atoms with Crippen molar-refractivity contribution < 1.29 is 14.3 Å². The molecule has 0 unspecified atom stereocenters. The maximum atomic E-state index is 12.8. The number of likely N-dealkylation sites (tertiary alicyclic amines) is 1. The SMILES string of the molecule is CCOC(=O)c1cc(C(=O)N2CCCC2)cc(-c2ccc(C)cc2)c1. The summed E-state index contributed by atoms with van der Waals surface area (Å²) in [6, 6.07) is 13.4. The van der Waals surface area contributed by atoms with Crippen LogP contribution in [-0.2, 0) is 4.74 Å². The van der Waals surface area contributed by atoms with Crippen molar-refractivity contribution in [3.63, 3.8) is 0 Å². The van der Waals surface area contributed by atoms with Gasteiger partial charge in [-0.25, -0.2) is 4.79 Å². The van der Waals surface area contributed by atoms with E-state index in [-0.39, 0.29) is 5.91 Å². The molecule has 0 radical (unpaired) electrons. The number of carbonyl (C=O) groups is 2. The van der Waals surface area contributed by atoms with Crippen molar-refractivity contribution in [2.24, 2.45) is 0 Å². The summed E-state index contributed by atoms with van der Waals surface area (Å²) < 4.78 is 5.13. The summed E-state index contributed by atoms with van der Waals surface area (Å²) in [7, 11) is 0. The van der Waals surface area contributed by atoms with Gasteiger partial charge in [-0.15, -0.1) is 0 Å². The molecule has 25 heavy (non-hydrogen) atoms. The molecule has 0 N–H and O–H groups in total. The van der Waals surface area contributed by atoms with Gasteiger partial charge < -0.3 is 9.64 Å². The Morgan fingerprint density at radius 1 is 0.960 bits per heavy atom. The van der Waals surface area contributed by atoms with E-state index < -0.39 is 5.97 Å². The van der Waals surface area contributed by atoms with E-state index >= 15 is 0 Å². The molecule has 2 aromatic rings. The number of esters is 1. The largest absolute Gasteiger partial charge is 0.462 e. The van der Waals surface area contributed by atoms with Crippen LogP contribution in [0, 0.1) is 6.92 Å². The molecular formula is C21H23NO3. The molecule has 0 saturated carbocycles. The molecular weight excluding hydrogens is 314 g/mol. The van der Waals surface area contributed by atoms with Crippen LogP contribution in [0.4, 0.5) is 0 Å². The van der Waals surface area contributed by atoms with Crippen LogP contribution in [0.3, 0.4) is 0 Å². The highest BCUT2D eigenvalue weighted by atomic mass is 16.5. The number of nitrogens with zero attached hydrogens (tertiary/aromatic N) is 1. The van der Waals surface area contributed by atoms with Gasteiger partial charge in [-0.2, -0.15) is 0 Å². The number of amides is 1. The van der Waals surface area contributed by atoms with Gasteiger partial charge in [-0.05, 0) is 56.0 Å². The van der Waals surface area contributed by atoms with E-state index in [9.17, 15) is 9.59 Å². The molecule has 0 aromatic heterocycles. The average molecular weight is 337 g/mol. The predicted molar refractivity (Wildman–Crippen MR) is 97.7 cm³/mol. The third kappa shape index (κ3) is 3.90. The van der Waals surface area contributed by atoms with Gasteiger partial charge in [0.25, 0.3) is 5.91 Å². The first kappa shape index (κ1) is 17.2. The van der Waals surface area contributed by atoms with Gasteiger partial charge in [-0.1, -0.05) is 29.8 Å². The monoisotopic (exact) mass is 337 g/mol. The molecule has 3 rings (SSSR count). The highest BCUT2D eigenvalue weighted by Crippen LogP contribution is 2.25. The van der Waals surface area contributed by atoms with E-state index in [1.807, 2.05) is 42.2 Å². The molecule has 1 heterocycles. The van der Waals surface area contributed by atoms with Crippen LogP contribution in [0.25, 0.3) is 11.1 Å². The first-order chi connectivity index (χ1) is 12.1. The summed E-state index contributed by atoms with van der Waals surface area (Å²) in [6.45, 7) is 5.67. The van der Waals surface area contributed by atoms with Crippen LogP contribution >= 0.6 is 0 Å². The van der Waals surface area contributed by atoms with E-state index in [0.29, 0.717) is 17.7 Å². The molecule has 2 aromatic carbocycles. The van der Waals surface area contributed by atoms with E-state index in [0.717, 1.165) is 37.1 Å². The zero-order valence-electron chi connectivity index (χ0n) is 14.7. The summed E-state index contributed by atoms with van der Waals surface area (Å²) in [4.78, 5) is 26.9. The van der Waals surface area contributed by atoms with Gasteiger partial charge in [0.1, 0.15) is 0 Å². The Kier molecular flexibility index (Phi) is 5.17. The van der Waals surface area contributed by atoms with Crippen molar-refractivity contribution in [1.82, 2.24) is 4.90 Å². The normalized spacial score (nSPS) is 13.8. The summed E-state index contributed by atoms with van der Waals surface area (Å²) in [5, 5.41) is 0. The lowest BCUT2D eigenvalue weighted by atomic mass is 9.98. The van der Waals surface area contributed by atoms with Crippen LogP contribution in [0.2, 0.25) is 0 Å². The molecule has 0 bridgehead atoms. The van der Waals surface area contributed by atoms with Crippen LogP contribution in [-0.4, -0.2) is 36.5 Å². The maximum absolute atomic E-state index is 12.8. The molecule has 1 aliphatic heterocycles. The second kappa shape index (κ2) is 7.51. The van der Waals surface area contributed by atoms with Crippen LogP contribution < -0.4 is 0 Å². The van der Waals surface area contributed by atoms with Gasteiger partial charge in [0.15, 0.2) is 0 Å². The Morgan fingerprint density at radius 2 is 1.60 bits per heavy atom. The Morgan fingerprint density at radius 3 is 2.24 bits per heavy atom. The minimum atomic E-state index is -0.396. The molecule has 0 aliphatic carbocycles. The fraction of sp³-hybridized carbons (Fsp3) is 0.333. The van der Waals surface area contributed by atoms with Crippen molar-refractivity contribution in [2.45, 2.75) is 26.7 Å². The Balaban J connectivity index is 2.02. The highest BCUT2D eigenvalue weighted by molar-refractivity contribution is 6.00. The van der Waals surface area contributed by atoms with Crippen molar-refractivity contribution in [1.29, 1.82) is 0 Å². The van der Waals surface area contributed by atoms with Gasteiger partial charge in [0.05, 0.1) is 12.2 Å². The first-order valence-corrected chi connectivity index (χ1v) is 8.77. The van der Waals surface area contributed by atoms with Crippen LogP contribution in [0.1, 0.15) is 46.0 Å². The number of rotatable bonds is 4. The van der Waals surface area contributed by atoms with Crippen molar-refractivity contribution in [2.75, 3.05) is 19.7 Å². The minimum Gasteiger partial charge on any atom is -0.462 e. The summed E-state index contributed by atoms with van der Waals surface area (Å²) in [5.74, 6) is -0.413. The topological polar surface area (TPSA) is 46.6 Å². The second-order valence-corrected chi connectivity index (χ2v) is 6.38. The second-order valence-electron chi connectivity index (χ2n) is 6.38.